The van der Waals surface area contributed by atoms with E-state index in [1.54, 1.807) is 0 Å². The fraction of sp³-hybridized carbons (Fsp3) is 0.409. The number of nitrogens with zero attached hydrogens (tertiary/aromatic N) is 2. The van der Waals surface area contributed by atoms with Crippen molar-refractivity contribution in [1.29, 1.82) is 0 Å². The van der Waals surface area contributed by atoms with Crippen molar-refractivity contribution in [2.24, 2.45) is 17.8 Å². The van der Waals surface area contributed by atoms with Crippen LogP contribution in [0.4, 0.5) is 8.78 Å². The number of fused-ring (bicyclic) bond motifs is 9. The van der Waals surface area contributed by atoms with E-state index in [9.17, 15) is 28.3 Å². The van der Waals surface area contributed by atoms with E-state index in [1.807, 2.05) is 4.90 Å². The van der Waals surface area contributed by atoms with Crippen molar-refractivity contribution < 1.29 is 23.5 Å². The minimum Gasteiger partial charge on any atom is -0.503 e. The van der Waals surface area contributed by atoms with Crippen molar-refractivity contribution in [3.8, 4) is 5.75 Å². The van der Waals surface area contributed by atoms with Crippen LogP contribution >= 0.6 is 0 Å². The number of hydrogen-bond acceptors (Lipinski definition) is 4. The molecule has 4 aliphatic rings. The summed E-state index contributed by atoms with van der Waals surface area (Å²) >= 11 is 0. The molecule has 3 heterocycles. The Bertz CT molecular complexity index is 1230. The number of aromatic nitrogens is 1. The van der Waals surface area contributed by atoms with Crippen LogP contribution in [0.2, 0.25) is 0 Å². The van der Waals surface area contributed by atoms with Crippen molar-refractivity contribution >= 4 is 11.8 Å². The first-order chi connectivity index (χ1) is 14.8. The van der Waals surface area contributed by atoms with E-state index in [0.29, 0.717) is 30.4 Å². The summed E-state index contributed by atoms with van der Waals surface area (Å²) in [6.07, 6.45) is 3.39. The van der Waals surface area contributed by atoms with Crippen molar-refractivity contribution in [3.63, 3.8) is 0 Å². The number of amides is 2. The van der Waals surface area contributed by atoms with Gasteiger partial charge in [-0.1, -0.05) is 6.07 Å². The third kappa shape index (κ3) is 2.52. The number of nitrogens with one attached hydrogen (secondary N) is 1. The molecule has 160 valence electrons. The number of pyridine rings is 1. The minimum absolute atomic E-state index is 0.0138. The van der Waals surface area contributed by atoms with E-state index in [0.717, 1.165) is 18.9 Å². The quantitative estimate of drug-likeness (QED) is 0.779. The fourth-order valence-electron chi connectivity index (χ4n) is 5.98. The second-order valence-corrected chi connectivity index (χ2v) is 8.95. The van der Waals surface area contributed by atoms with Gasteiger partial charge in [0.2, 0.25) is 5.43 Å². The van der Waals surface area contributed by atoms with Crippen LogP contribution in [0.25, 0.3) is 0 Å². The Hall–Kier alpha value is -3.23. The molecule has 5 atom stereocenters. The van der Waals surface area contributed by atoms with E-state index in [2.05, 4.69) is 5.32 Å². The zero-order valence-corrected chi connectivity index (χ0v) is 16.3. The molecular weight excluding hydrogens is 408 g/mol. The number of rotatable bonds is 3. The highest BCUT2D eigenvalue weighted by Crippen LogP contribution is 2.64. The van der Waals surface area contributed by atoms with Gasteiger partial charge in [-0.05, 0) is 36.7 Å². The molecule has 2 amide bonds. The van der Waals surface area contributed by atoms with Crippen molar-refractivity contribution in [2.75, 3.05) is 0 Å². The number of benzene rings is 1. The monoisotopic (exact) mass is 427 g/mol. The molecule has 2 aromatic rings. The molecule has 2 aliphatic heterocycles. The molecule has 31 heavy (non-hydrogen) atoms. The normalized spacial score (nSPS) is 29.4. The van der Waals surface area contributed by atoms with Gasteiger partial charge in [0.15, 0.2) is 11.4 Å². The lowest BCUT2D eigenvalue weighted by atomic mass is 9.94. The first-order valence-corrected chi connectivity index (χ1v) is 10.4. The second kappa shape index (κ2) is 6.15. The predicted molar refractivity (Wildman–Crippen MR) is 103 cm³/mol. The van der Waals surface area contributed by atoms with E-state index >= 15 is 0 Å². The summed E-state index contributed by atoms with van der Waals surface area (Å²) < 4.78 is 28.4. The summed E-state index contributed by atoms with van der Waals surface area (Å²) in [4.78, 5) is 40.2. The van der Waals surface area contributed by atoms with Crippen LogP contribution in [0.15, 0.2) is 29.2 Å². The van der Waals surface area contributed by atoms with Crippen molar-refractivity contribution in [1.82, 2.24) is 14.8 Å². The Balaban J connectivity index is 1.30. The van der Waals surface area contributed by atoms with E-state index in [4.69, 9.17) is 0 Å². The maximum Gasteiger partial charge on any atom is 0.275 e. The molecule has 2 saturated carbocycles. The Morgan fingerprint density at radius 3 is 2.68 bits per heavy atom. The zero-order chi connectivity index (χ0) is 21.6. The molecule has 0 radical (unpaired) electrons. The van der Waals surface area contributed by atoms with Crippen LogP contribution in [0.5, 0.6) is 5.75 Å². The van der Waals surface area contributed by atoms with Gasteiger partial charge in [0.25, 0.3) is 11.8 Å². The Morgan fingerprint density at radius 2 is 1.90 bits per heavy atom. The first kappa shape index (κ1) is 18.5. The molecule has 2 bridgehead atoms. The summed E-state index contributed by atoms with van der Waals surface area (Å²) in [5, 5.41) is 12.9. The number of hydrogen-bond donors (Lipinski definition) is 2. The SMILES string of the molecule is O=C(NCc1ccc(F)cc1F)c1cn2c(c(O)c1=O)C(=O)N1C(C2)C2C[C@H]1C1CC21. The van der Waals surface area contributed by atoms with Crippen LogP contribution in [0.3, 0.4) is 0 Å². The molecule has 0 spiro atoms. The van der Waals surface area contributed by atoms with Crippen molar-refractivity contribution in [2.45, 2.75) is 38.0 Å². The lowest BCUT2D eigenvalue weighted by Crippen LogP contribution is -2.53. The molecule has 4 unspecified atom stereocenters. The highest BCUT2D eigenvalue weighted by atomic mass is 19.1. The molecule has 1 saturated heterocycles. The highest BCUT2D eigenvalue weighted by molar-refractivity contribution is 5.99. The van der Waals surface area contributed by atoms with Gasteiger partial charge in [-0.25, -0.2) is 8.78 Å². The van der Waals surface area contributed by atoms with Crippen LogP contribution < -0.4 is 10.7 Å². The molecule has 1 aromatic carbocycles. The van der Waals surface area contributed by atoms with Gasteiger partial charge in [-0.15, -0.1) is 0 Å². The van der Waals surface area contributed by atoms with Gasteiger partial charge in [0.1, 0.15) is 17.2 Å². The van der Waals surface area contributed by atoms with Gasteiger partial charge in [-0.3, -0.25) is 14.4 Å². The maximum absolute atomic E-state index is 13.8. The van der Waals surface area contributed by atoms with Crippen molar-refractivity contribution in [3.05, 3.63) is 63.1 Å². The average Bonchev–Trinajstić information content (AvgIpc) is 3.34. The highest BCUT2D eigenvalue weighted by Gasteiger charge is 2.66. The largest absolute Gasteiger partial charge is 0.503 e. The maximum atomic E-state index is 13.8. The summed E-state index contributed by atoms with van der Waals surface area (Å²) in [5.74, 6) is -1.82. The standard InChI is InChI=1S/C22H19F2N3O4/c23-10-2-1-9(15(24)3-10)6-25-21(30)14-7-26-8-17-13-5-16(12-4-11(12)13)27(17)22(31)18(26)20(29)19(14)28/h1-3,7,11-13,16-17,29H,4-6,8H2,(H,25,30)/t11?,12?,13?,16-,17?/m0/s1. The van der Waals surface area contributed by atoms with E-state index < -0.39 is 28.7 Å². The number of piperidine rings is 1. The van der Waals surface area contributed by atoms with Crippen LogP contribution in [0.1, 0.15) is 39.3 Å². The molecule has 2 aliphatic carbocycles. The lowest BCUT2D eigenvalue weighted by Gasteiger charge is -2.40. The Kier molecular flexibility index (Phi) is 3.68. The third-order valence-electron chi connectivity index (χ3n) is 7.43. The summed E-state index contributed by atoms with van der Waals surface area (Å²) in [5.41, 5.74) is -1.28. The first-order valence-electron chi connectivity index (χ1n) is 10.4. The van der Waals surface area contributed by atoms with E-state index in [1.165, 1.54) is 16.8 Å². The molecule has 9 heteroatoms. The van der Waals surface area contributed by atoms with Gasteiger partial charge in [-0.2, -0.15) is 0 Å². The fourth-order valence-corrected chi connectivity index (χ4v) is 5.98. The minimum atomic E-state index is -0.941. The molecule has 3 fully saturated rings. The average molecular weight is 427 g/mol. The molecular formula is C22H19F2N3O4. The Labute approximate surface area is 175 Å². The van der Waals surface area contributed by atoms with Gasteiger partial charge < -0.3 is 19.9 Å². The molecule has 1 aromatic heterocycles. The second-order valence-electron chi connectivity index (χ2n) is 8.95. The van der Waals surface area contributed by atoms with Crippen LogP contribution in [-0.2, 0) is 13.1 Å². The summed E-state index contributed by atoms with van der Waals surface area (Å²) in [6.45, 7) is 0.168. The van der Waals surface area contributed by atoms with Gasteiger partial charge in [0, 0.05) is 37.0 Å². The number of halogens is 2. The lowest BCUT2D eigenvalue weighted by molar-refractivity contribution is 0.0465. The number of carbonyl (C=O) groups excluding carboxylic acids is 2. The predicted octanol–water partition coefficient (Wildman–Crippen LogP) is 1.62. The molecule has 2 N–H and O–H groups in total. The van der Waals surface area contributed by atoms with Gasteiger partial charge in [0.05, 0.1) is 6.04 Å². The Morgan fingerprint density at radius 1 is 1.13 bits per heavy atom. The van der Waals surface area contributed by atoms with Crippen LogP contribution in [0, 0.1) is 29.4 Å². The number of aromatic hydroxyl groups is 1. The number of carbonyl (C=O) groups is 2. The third-order valence-corrected chi connectivity index (χ3v) is 7.43. The molecule has 7 nitrogen and oxygen atoms in total. The zero-order valence-electron chi connectivity index (χ0n) is 16.3. The topological polar surface area (TPSA) is 91.6 Å². The van der Waals surface area contributed by atoms with E-state index in [-0.39, 0.29) is 41.4 Å². The summed E-state index contributed by atoms with van der Waals surface area (Å²) in [6, 6.07) is 3.18. The molecule has 6 rings (SSSR count). The smallest absolute Gasteiger partial charge is 0.275 e. The van der Waals surface area contributed by atoms with Gasteiger partial charge >= 0.3 is 0 Å². The van der Waals surface area contributed by atoms with Crippen LogP contribution in [-0.4, -0.2) is 38.5 Å². The summed E-state index contributed by atoms with van der Waals surface area (Å²) in [7, 11) is 0.